The van der Waals surface area contributed by atoms with Crippen LogP contribution in [0.25, 0.3) is 0 Å². The molecule has 1 unspecified atom stereocenters. The van der Waals surface area contributed by atoms with Gasteiger partial charge in [0.05, 0.1) is 6.61 Å². The minimum Gasteiger partial charge on any atom is -0.381 e. The molecule has 0 aromatic heterocycles. The van der Waals surface area contributed by atoms with Crippen molar-refractivity contribution < 1.29 is 4.74 Å². The van der Waals surface area contributed by atoms with Gasteiger partial charge >= 0.3 is 0 Å². The number of hydrogen-bond donors (Lipinski definition) is 0. The van der Waals surface area contributed by atoms with E-state index < -0.39 is 0 Å². The van der Waals surface area contributed by atoms with E-state index in [2.05, 4.69) is 20.8 Å². The summed E-state index contributed by atoms with van der Waals surface area (Å²) in [5, 5.41) is 0. The van der Waals surface area contributed by atoms with E-state index in [1.54, 1.807) is 0 Å². The van der Waals surface area contributed by atoms with E-state index in [0.29, 0.717) is 5.41 Å². The lowest BCUT2D eigenvalue weighted by Gasteiger charge is -2.39. The Morgan fingerprint density at radius 2 is 2.00 bits per heavy atom. The predicted molar refractivity (Wildman–Crippen MR) is 52.2 cm³/mol. The molecule has 0 bridgehead atoms. The maximum absolute atomic E-state index is 5.57. The van der Waals surface area contributed by atoms with Gasteiger partial charge in [0.1, 0.15) is 0 Å². The first kappa shape index (κ1) is 10.0. The van der Waals surface area contributed by atoms with Crippen molar-refractivity contribution in [3.05, 3.63) is 0 Å². The van der Waals surface area contributed by atoms with Crippen LogP contribution in [-0.2, 0) is 4.74 Å². The lowest BCUT2D eigenvalue weighted by molar-refractivity contribution is -0.0333. The fraction of sp³-hybridized carbons (Fsp3) is 1.00. The van der Waals surface area contributed by atoms with E-state index >= 15 is 0 Å². The third kappa shape index (κ3) is 2.01. The summed E-state index contributed by atoms with van der Waals surface area (Å²) >= 11 is 0. The van der Waals surface area contributed by atoms with Gasteiger partial charge in [0, 0.05) is 6.61 Å². The first-order chi connectivity index (χ1) is 5.73. The molecule has 1 rings (SSSR count). The minimum atomic E-state index is 0.474. The van der Waals surface area contributed by atoms with Gasteiger partial charge < -0.3 is 4.74 Å². The van der Waals surface area contributed by atoms with Crippen molar-refractivity contribution in [1.82, 2.24) is 0 Å². The molecule has 0 spiro atoms. The van der Waals surface area contributed by atoms with Gasteiger partial charge in [0.25, 0.3) is 0 Å². The van der Waals surface area contributed by atoms with Crippen LogP contribution in [0.5, 0.6) is 0 Å². The summed E-state index contributed by atoms with van der Waals surface area (Å²) in [5.74, 6) is 0.859. The zero-order valence-electron chi connectivity index (χ0n) is 8.73. The maximum Gasteiger partial charge on any atom is 0.0522 e. The molecule has 1 aliphatic rings. The van der Waals surface area contributed by atoms with Crippen molar-refractivity contribution in [2.75, 3.05) is 13.2 Å². The number of ether oxygens (including phenoxy) is 1. The smallest absolute Gasteiger partial charge is 0.0522 e. The topological polar surface area (TPSA) is 9.23 Å². The van der Waals surface area contributed by atoms with Gasteiger partial charge in [-0.25, -0.2) is 0 Å². The number of hydrogen-bond acceptors (Lipinski definition) is 1. The average molecular weight is 170 g/mol. The Morgan fingerprint density at radius 1 is 1.33 bits per heavy atom. The van der Waals surface area contributed by atoms with E-state index in [0.717, 1.165) is 19.1 Å². The average Bonchev–Trinajstić information content (AvgIpc) is 2.07. The quantitative estimate of drug-likeness (QED) is 0.632. The largest absolute Gasteiger partial charge is 0.381 e. The lowest BCUT2D eigenvalue weighted by Crippen LogP contribution is -2.35. The highest BCUT2D eigenvalue weighted by Gasteiger charge is 2.33. The Bertz CT molecular complexity index is 121. The van der Waals surface area contributed by atoms with Crippen LogP contribution in [0, 0.1) is 11.3 Å². The molecule has 72 valence electrons. The van der Waals surface area contributed by atoms with Gasteiger partial charge in [0.2, 0.25) is 0 Å². The highest BCUT2D eigenvalue weighted by molar-refractivity contribution is 4.83. The minimum absolute atomic E-state index is 0.474. The molecule has 1 atom stereocenters. The molecule has 0 N–H and O–H groups in total. The Morgan fingerprint density at radius 3 is 2.42 bits per heavy atom. The zero-order valence-corrected chi connectivity index (χ0v) is 8.73. The molecule has 0 aromatic carbocycles. The summed E-state index contributed by atoms with van der Waals surface area (Å²) in [5.41, 5.74) is 0.474. The summed E-state index contributed by atoms with van der Waals surface area (Å²) in [6.45, 7) is 8.96. The zero-order chi connectivity index (χ0) is 9.03. The van der Waals surface area contributed by atoms with Crippen molar-refractivity contribution in [3.8, 4) is 0 Å². The van der Waals surface area contributed by atoms with Crippen molar-refractivity contribution in [3.63, 3.8) is 0 Å². The molecule has 12 heavy (non-hydrogen) atoms. The van der Waals surface area contributed by atoms with Crippen LogP contribution in [-0.4, -0.2) is 13.2 Å². The number of rotatable bonds is 3. The molecule has 0 saturated carbocycles. The van der Waals surface area contributed by atoms with E-state index in [-0.39, 0.29) is 0 Å². The van der Waals surface area contributed by atoms with Crippen LogP contribution < -0.4 is 0 Å². The summed E-state index contributed by atoms with van der Waals surface area (Å²) in [7, 11) is 0. The van der Waals surface area contributed by atoms with Crippen LogP contribution >= 0.6 is 0 Å². The first-order valence-corrected chi connectivity index (χ1v) is 5.30. The fourth-order valence-electron chi connectivity index (χ4n) is 2.55. The summed E-state index contributed by atoms with van der Waals surface area (Å²) < 4.78 is 5.57. The molecule has 1 heteroatoms. The second-order valence-corrected chi connectivity index (χ2v) is 4.32. The third-order valence-corrected chi connectivity index (χ3v) is 3.44. The summed E-state index contributed by atoms with van der Waals surface area (Å²) in [6, 6.07) is 0. The van der Waals surface area contributed by atoms with E-state index in [1.165, 1.54) is 25.7 Å². The molecule has 1 nitrogen and oxygen atoms in total. The molecular weight excluding hydrogens is 148 g/mol. The van der Waals surface area contributed by atoms with Gasteiger partial charge in [-0.15, -0.1) is 0 Å². The Kier molecular flexibility index (Phi) is 3.57. The van der Waals surface area contributed by atoms with Gasteiger partial charge in [-0.2, -0.15) is 0 Å². The Balaban J connectivity index is 2.53. The van der Waals surface area contributed by atoms with Crippen LogP contribution in [0.3, 0.4) is 0 Å². The standard InChI is InChI=1S/C11H22O/c1-4-10(5-2)11(3)7-6-8-12-9-11/h10H,4-9H2,1-3H3. The SMILES string of the molecule is CCC(CC)C1(C)CCCOC1. The van der Waals surface area contributed by atoms with Gasteiger partial charge in [-0.05, 0) is 24.2 Å². The fourth-order valence-corrected chi connectivity index (χ4v) is 2.55. The maximum atomic E-state index is 5.57. The highest BCUT2D eigenvalue weighted by atomic mass is 16.5. The second kappa shape index (κ2) is 4.27. The highest BCUT2D eigenvalue weighted by Crippen LogP contribution is 2.39. The predicted octanol–water partition coefficient (Wildman–Crippen LogP) is 3.24. The summed E-state index contributed by atoms with van der Waals surface area (Å²) in [6.07, 6.45) is 5.22. The van der Waals surface area contributed by atoms with Crippen LogP contribution in [0.2, 0.25) is 0 Å². The van der Waals surface area contributed by atoms with Crippen molar-refractivity contribution in [2.24, 2.45) is 11.3 Å². The molecule has 0 amide bonds. The van der Waals surface area contributed by atoms with Crippen molar-refractivity contribution >= 4 is 0 Å². The lowest BCUT2D eigenvalue weighted by atomic mass is 9.71. The molecule has 0 aromatic rings. The monoisotopic (exact) mass is 170 g/mol. The van der Waals surface area contributed by atoms with Crippen LogP contribution in [0.15, 0.2) is 0 Å². The second-order valence-electron chi connectivity index (χ2n) is 4.32. The van der Waals surface area contributed by atoms with E-state index in [1.807, 2.05) is 0 Å². The van der Waals surface area contributed by atoms with Gasteiger partial charge in [-0.1, -0.05) is 33.6 Å². The van der Waals surface area contributed by atoms with Crippen LogP contribution in [0.4, 0.5) is 0 Å². The molecule has 1 saturated heterocycles. The molecule has 1 aliphatic heterocycles. The van der Waals surface area contributed by atoms with Gasteiger partial charge in [0.15, 0.2) is 0 Å². The molecule has 1 heterocycles. The molecule has 0 radical (unpaired) electrons. The normalized spacial score (nSPS) is 31.0. The summed E-state index contributed by atoms with van der Waals surface area (Å²) in [4.78, 5) is 0. The molecule has 1 fully saturated rings. The van der Waals surface area contributed by atoms with Crippen LogP contribution in [0.1, 0.15) is 46.5 Å². The Hall–Kier alpha value is -0.0400. The van der Waals surface area contributed by atoms with E-state index in [9.17, 15) is 0 Å². The Labute approximate surface area is 76.5 Å². The third-order valence-electron chi connectivity index (χ3n) is 3.44. The molecule has 0 aliphatic carbocycles. The van der Waals surface area contributed by atoms with Gasteiger partial charge in [-0.3, -0.25) is 0 Å². The van der Waals surface area contributed by atoms with Crippen molar-refractivity contribution in [1.29, 1.82) is 0 Å². The molecular formula is C11H22O. The van der Waals surface area contributed by atoms with Crippen molar-refractivity contribution in [2.45, 2.75) is 46.5 Å². The van der Waals surface area contributed by atoms with E-state index in [4.69, 9.17) is 4.74 Å². The first-order valence-electron chi connectivity index (χ1n) is 5.30.